The summed E-state index contributed by atoms with van der Waals surface area (Å²) in [6.45, 7) is 1.14. The number of pyridine rings is 1. The standard InChI is InChI=1S/C12H12ClN3O/c13-10-8(5-14)3-4-15-11(10)16-6-12(17,7-16)9-1-2-9/h3-4,9,17H,1-2,6-7H2. The van der Waals surface area contributed by atoms with Gasteiger partial charge in [-0.25, -0.2) is 4.98 Å². The summed E-state index contributed by atoms with van der Waals surface area (Å²) in [7, 11) is 0. The van der Waals surface area contributed by atoms with E-state index < -0.39 is 5.60 Å². The smallest absolute Gasteiger partial charge is 0.148 e. The van der Waals surface area contributed by atoms with Crippen LogP contribution in [0.15, 0.2) is 12.3 Å². The van der Waals surface area contributed by atoms with E-state index in [-0.39, 0.29) is 0 Å². The summed E-state index contributed by atoms with van der Waals surface area (Å²) >= 11 is 6.10. The molecule has 1 N–H and O–H groups in total. The SMILES string of the molecule is N#Cc1ccnc(N2CC(O)(C3CC3)C2)c1Cl. The van der Waals surface area contributed by atoms with Gasteiger partial charge in [0.05, 0.1) is 18.7 Å². The minimum atomic E-state index is -0.562. The van der Waals surface area contributed by atoms with Crippen molar-refractivity contribution in [2.45, 2.75) is 18.4 Å². The van der Waals surface area contributed by atoms with Gasteiger partial charge in [0.15, 0.2) is 0 Å². The molecule has 1 aromatic heterocycles. The second kappa shape index (κ2) is 3.59. The third-order valence-corrected chi connectivity index (χ3v) is 3.93. The molecule has 4 nitrogen and oxygen atoms in total. The van der Waals surface area contributed by atoms with Gasteiger partial charge in [0, 0.05) is 6.20 Å². The highest BCUT2D eigenvalue weighted by atomic mass is 35.5. The van der Waals surface area contributed by atoms with Gasteiger partial charge in [-0.2, -0.15) is 5.26 Å². The Morgan fingerprint density at radius 3 is 2.82 bits per heavy atom. The highest BCUT2D eigenvalue weighted by Gasteiger charge is 2.52. The van der Waals surface area contributed by atoms with Crippen molar-refractivity contribution in [2.24, 2.45) is 5.92 Å². The molecule has 0 unspecified atom stereocenters. The van der Waals surface area contributed by atoms with Crippen LogP contribution >= 0.6 is 11.6 Å². The topological polar surface area (TPSA) is 60.2 Å². The molecule has 1 saturated carbocycles. The second-order valence-corrected chi connectivity index (χ2v) is 5.22. The van der Waals surface area contributed by atoms with E-state index in [0.717, 1.165) is 12.8 Å². The van der Waals surface area contributed by atoms with Crippen LogP contribution in [0.2, 0.25) is 5.02 Å². The van der Waals surface area contributed by atoms with Crippen LogP contribution in [0.4, 0.5) is 5.82 Å². The molecule has 1 aromatic rings. The van der Waals surface area contributed by atoms with Crippen molar-refractivity contribution in [3.63, 3.8) is 0 Å². The van der Waals surface area contributed by atoms with Crippen LogP contribution in [0.25, 0.3) is 0 Å². The molecule has 0 amide bonds. The monoisotopic (exact) mass is 249 g/mol. The lowest BCUT2D eigenvalue weighted by atomic mass is 9.89. The van der Waals surface area contributed by atoms with E-state index in [9.17, 15) is 5.11 Å². The van der Waals surface area contributed by atoms with Gasteiger partial charge in [-0.15, -0.1) is 0 Å². The lowest BCUT2D eigenvalue weighted by Gasteiger charge is -2.47. The Morgan fingerprint density at radius 2 is 2.24 bits per heavy atom. The van der Waals surface area contributed by atoms with Crippen molar-refractivity contribution in [1.29, 1.82) is 5.26 Å². The van der Waals surface area contributed by atoms with Crippen LogP contribution in [0.3, 0.4) is 0 Å². The molecule has 88 valence electrons. The first-order valence-corrected chi connectivity index (χ1v) is 6.04. The van der Waals surface area contributed by atoms with Crippen LogP contribution in [0.1, 0.15) is 18.4 Å². The second-order valence-electron chi connectivity index (χ2n) is 4.84. The van der Waals surface area contributed by atoms with E-state index in [4.69, 9.17) is 16.9 Å². The molecule has 2 heterocycles. The van der Waals surface area contributed by atoms with E-state index in [1.165, 1.54) is 0 Å². The van der Waals surface area contributed by atoms with Gasteiger partial charge in [-0.1, -0.05) is 11.6 Å². The molecule has 0 aromatic carbocycles. The Morgan fingerprint density at radius 1 is 1.53 bits per heavy atom. The maximum absolute atomic E-state index is 10.2. The zero-order valence-corrected chi connectivity index (χ0v) is 9.98. The number of β-amino-alcohol motifs (C(OH)–C–C–N with tert-alkyl or cyclic N) is 1. The van der Waals surface area contributed by atoms with Gasteiger partial charge < -0.3 is 10.0 Å². The summed E-state index contributed by atoms with van der Waals surface area (Å²) in [5, 5.41) is 19.5. The third kappa shape index (κ3) is 1.67. The van der Waals surface area contributed by atoms with Crippen molar-refractivity contribution in [3.8, 4) is 6.07 Å². The molecule has 1 aliphatic carbocycles. The zero-order chi connectivity index (χ0) is 12.0. The number of hydrogen-bond acceptors (Lipinski definition) is 4. The summed E-state index contributed by atoms with van der Waals surface area (Å²) in [5.74, 6) is 1.05. The Balaban J connectivity index is 1.81. The Labute approximate surface area is 104 Å². The van der Waals surface area contributed by atoms with Gasteiger partial charge >= 0.3 is 0 Å². The fraction of sp³-hybridized carbons (Fsp3) is 0.500. The van der Waals surface area contributed by atoms with Gasteiger partial charge in [0.1, 0.15) is 22.5 Å². The minimum absolute atomic E-state index is 0.382. The first-order valence-electron chi connectivity index (χ1n) is 5.66. The number of hydrogen-bond donors (Lipinski definition) is 1. The van der Waals surface area contributed by atoms with Crippen molar-refractivity contribution in [1.82, 2.24) is 4.98 Å². The molecule has 0 radical (unpaired) electrons. The molecular formula is C12H12ClN3O. The van der Waals surface area contributed by atoms with Crippen LogP contribution in [-0.4, -0.2) is 28.8 Å². The van der Waals surface area contributed by atoms with Crippen molar-refractivity contribution >= 4 is 17.4 Å². The lowest BCUT2D eigenvalue weighted by Crippen LogP contribution is -2.63. The molecule has 0 bridgehead atoms. The zero-order valence-electron chi connectivity index (χ0n) is 9.23. The molecule has 0 atom stereocenters. The number of nitriles is 1. The van der Waals surface area contributed by atoms with E-state index >= 15 is 0 Å². The quantitative estimate of drug-likeness (QED) is 0.864. The number of anilines is 1. The number of rotatable bonds is 2. The van der Waals surface area contributed by atoms with Crippen molar-refractivity contribution in [3.05, 3.63) is 22.8 Å². The lowest BCUT2D eigenvalue weighted by molar-refractivity contribution is -0.00972. The molecule has 2 fully saturated rings. The Kier molecular flexibility index (Phi) is 2.29. The highest BCUT2D eigenvalue weighted by molar-refractivity contribution is 6.34. The summed E-state index contributed by atoms with van der Waals surface area (Å²) in [4.78, 5) is 6.12. The van der Waals surface area contributed by atoms with Crippen LogP contribution < -0.4 is 4.90 Å². The van der Waals surface area contributed by atoms with Crippen LogP contribution in [-0.2, 0) is 0 Å². The van der Waals surface area contributed by atoms with Crippen LogP contribution in [0, 0.1) is 17.2 Å². The molecule has 0 spiro atoms. The summed E-state index contributed by atoms with van der Waals surface area (Å²) < 4.78 is 0. The van der Waals surface area contributed by atoms with Gasteiger partial charge in [-0.05, 0) is 24.8 Å². The summed E-state index contributed by atoms with van der Waals surface area (Å²) in [6.07, 6.45) is 3.81. The van der Waals surface area contributed by atoms with Crippen molar-refractivity contribution in [2.75, 3.05) is 18.0 Å². The normalized spacial score (nSPS) is 21.8. The fourth-order valence-corrected chi connectivity index (χ4v) is 2.66. The maximum Gasteiger partial charge on any atom is 0.148 e. The van der Waals surface area contributed by atoms with Gasteiger partial charge in [0.25, 0.3) is 0 Å². The predicted octanol–water partition coefficient (Wildman–Crippen LogP) is 1.57. The Bertz CT molecular complexity index is 501. The van der Waals surface area contributed by atoms with Crippen molar-refractivity contribution < 1.29 is 5.11 Å². The largest absolute Gasteiger partial charge is 0.386 e. The molecule has 5 heteroatoms. The molecule has 1 aliphatic heterocycles. The summed E-state index contributed by atoms with van der Waals surface area (Å²) in [5.41, 5.74) is -0.133. The third-order valence-electron chi connectivity index (χ3n) is 3.56. The minimum Gasteiger partial charge on any atom is -0.386 e. The molecule has 2 aliphatic rings. The van der Waals surface area contributed by atoms with E-state index in [1.54, 1.807) is 12.3 Å². The average molecular weight is 250 g/mol. The van der Waals surface area contributed by atoms with Crippen LogP contribution in [0.5, 0.6) is 0 Å². The van der Waals surface area contributed by atoms with E-state index in [2.05, 4.69) is 4.98 Å². The molecule has 1 saturated heterocycles. The van der Waals surface area contributed by atoms with E-state index in [1.807, 2.05) is 11.0 Å². The predicted molar refractivity (Wildman–Crippen MR) is 63.8 cm³/mol. The molecule has 3 rings (SSSR count). The van der Waals surface area contributed by atoms with Gasteiger partial charge in [-0.3, -0.25) is 0 Å². The number of halogens is 1. The molecular weight excluding hydrogens is 238 g/mol. The average Bonchev–Trinajstić information content (AvgIpc) is 3.09. The maximum atomic E-state index is 10.2. The number of aromatic nitrogens is 1. The first kappa shape index (κ1) is 10.8. The van der Waals surface area contributed by atoms with E-state index in [0.29, 0.717) is 35.4 Å². The Hall–Kier alpha value is -1.31. The highest BCUT2D eigenvalue weighted by Crippen LogP contribution is 2.46. The number of aliphatic hydroxyl groups is 1. The fourth-order valence-electron chi connectivity index (χ4n) is 2.38. The molecule has 17 heavy (non-hydrogen) atoms. The van der Waals surface area contributed by atoms with Gasteiger partial charge in [0.2, 0.25) is 0 Å². The summed E-state index contributed by atoms with van der Waals surface area (Å²) in [6, 6.07) is 3.63. The first-order chi connectivity index (χ1) is 8.14. The number of nitrogens with zero attached hydrogens (tertiary/aromatic N) is 3.